The summed E-state index contributed by atoms with van der Waals surface area (Å²) in [6, 6.07) is 10.8. The van der Waals surface area contributed by atoms with Gasteiger partial charge in [-0.25, -0.2) is 0 Å². The van der Waals surface area contributed by atoms with E-state index in [1.54, 1.807) is 0 Å². The van der Waals surface area contributed by atoms with Crippen LogP contribution in [0.4, 0.5) is 0 Å². The molecule has 1 saturated carbocycles. The summed E-state index contributed by atoms with van der Waals surface area (Å²) in [5, 5.41) is 0. The first-order valence-corrected chi connectivity index (χ1v) is 10.8. The number of benzene rings is 1. The molecule has 102 valence electrons. The molecule has 0 amide bonds. The second-order valence-corrected chi connectivity index (χ2v) is 11.2. The minimum Gasteiger partial charge on any atom is -0.443 e. The first kappa shape index (κ1) is 14.2. The average Bonchev–Trinajstić information content (AvgIpc) is 2.39. The van der Waals surface area contributed by atoms with Crippen LogP contribution in [-0.4, -0.2) is 14.2 Å². The monoisotopic (exact) mass is 272 g/mol. The van der Waals surface area contributed by atoms with Gasteiger partial charge in [0.05, 0.1) is 0 Å². The number of ether oxygens (including phenoxy) is 1. The average molecular weight is 272 g/mol. The van der Waals surface area contributed by atoms with E-state index >= 15 is 0 Å². The van der Waals surface area contributed by atoms with Gasteiger partial charge < -0.3 is 4.74 Å². The van der Waals surface area contributed by atoms with Gasteiger partial charge in [-0.2, -0.15) is 0 Å². The van der Waals surface area contributed by atoms with E-state index in [1.807, 2.05) is 0 Å². The van der Waals surface area contributed by atoms with Crippen LogP contribution in [0.25, 0.3) is 0 Å². The van der Waals surface area contributed by atoms with Gasteiger partial charge in [0, 0.05) is 5.92 Å². The molecule has 2 heteroatoms. The van der Waals surface area contributed by atoms with E-state index in [0.29, 0.717) is 5.92 Å². The van der Waals surface area contributed by atoms with Crippen LogP contribution in [0.3, 0.4) is 0 Å². The summed E-state index contributed by atoms with van der Waals surface area (Å²) in [7, 11) is -1.33. The highest BCUT2D eigenvalue weighted by Crippen LogP contribution is 2.34. The Morgan fingerprint density at radius 1 is 1.05 bits per heavy atom. The highest BCUT2D eigenvalue weighted by Gasteiger charge is 2.27. The summed E-state index contributed by atoms with van der Waals surface area (Å²) in [6.07, 6.45) is 8.22. The lowest BCUT2D eigenvalue weighted by molar-refractivity contribution is 0.102. The van der Waals surface area contributed by atoms with E-state index in [2.05, 4.69) is 61.6 Å². The first-order chi connectivity index (χ1) is 9.06. The Labute approximate surface area is 118 Å². The molecule has 2 atom stereocenters. The van der Waals surface area contributed by atoms with E-state index < -0.39 is 8.07 Å². The van der Waals surface area contributed by atoms with Crippen LogP contribution in [0.2, 0.25) is 19.6 Å². The number of hydrogen-bond acceptors (Lipinski definition) is 1. The van der Waals surface area contributed by atoms with Crippen LogP contribution >= 0.6 is 0 Å². The van der Waals surface area contributed by atoms with Crippen molar-refractivity contribution in [2.24, 2.45) is 0 Å². The largest absolute Gasteiger partial charge is 0.443 e. The molecule has 1 nitrogen and oxygen atoms in total. The van der Waals surface area contributed by atoms with E-state index in [4.69, 9.17) is 4.74 Å². The van der Waals surface area contributed by atoms with Crippen LogP contribution < -0.4 is 0 Å². The summed E-state index contributed by atoms with van der Waals surface area (Å²) in [4.78, 5) is 0. The maximum Gasteiger partial charge on any atom is 0.133 e. The van der Waals surface area contributed by atoms with Crippen LogP contribution in [0.5, 0.6) is 0 Å². The molecule has 0 aliphatic heterocycles. The molecular weight excluding hydrogens is 248 g/mol. The Balaban J connectivity index is 2.06. The van der Waals surface area contributed by atoms with Crippen molar-refractivity contribution < 1.29 is 4.74 Å². The molecule has 1 aliphatic carbocycles. The quantitative estimate of drug-likeness (QED) is 0.566. The Morgan fingerprint density at radius 3 is 2.42 bits per heavy atom. The molecule has 1 fully saturated rings. The Morgan fingerprint density at radius 2 is 1.74 bits per heavy atom. The molecule has 2 rings (SSSR count). The van der Waals surface area contributed by atoms with Crippen LogP contribution in [0.1, 0.15) is 37.2 Å². The first-order valence-electron chi connectivity index (χ1n) is 7.29. The minimum absolute atomic E-state index is 0.278. The smallest absolute Gasteiger partial charge is 0.133 e. The van der Waals surface area contributed by atoms with E-state index in [-0.39, 0.29) is 6.10 Å². The van der Waals surface area contributed by atoms with E-state index in [9.17, 15) is 0 Å². The van der Waals surface area contributed by atoms with Crippen molar-refractivity contribution in [2.75, 3.05) is 0 Å². The molecule has 0 heterocycles. The zero-order chi connectivity index (χ0) is 13.7. The molecule has 0 unspecified atom stereocenters. The van der Waals surface area contributed by atoms with Crippen molar-refractivity contribution in [3.05, 3.63) is 35.9 Å². The van der Waals surface area contributed by atoms with Gasteiger partial charge in [0.25, 0.3) is 0 Å². The predicted octanol–water partition coefficient (Wildman–Crippen LogP) is 4.57. The van der Waals surface area contributed by atoms with Crippen LogP contribution in [0, 0.1) is 11.7 Å². The SMILES string of the molecule is C[Si](C)(C)C#CO[C@@H]1CCCC[C@H]1c1ccccc1. The molecule has 0 N–H and O–H groups in total. The van der Waals surface area contributed by atoms with E-state index in [0.717, 1.165) is 6.42 Å². The summed E-state index contributed by atoms with van der Waals surface area (Å²) >= 11 is 0. The predicted molar refractivity (Wildman–Crippen MR) is 83.6 cm³/mol. The third-order valence-electron chi connectivity index (χ3n) is 3.57. The summed E-state index contributed by atoms with van der Waals surface area (Å²) in [5.74, 6) is 0.519. The van der Waals surface area contributed by atoms with Crippen molar-refractivity contribution in [3.63, 3.8) is 0 Å². The van der Waals surface area contributed by atoms with Crippen LogP contribution in [0.15, 0.2) is 30.3 Å². The third kappa shape index (κ3) is 4.43. The summed E-state index contributed by atoms with van der Waals surface area (Å²) < 4.78 is 5.90. The standard InChI is InChI=1S/C17H24OSi/c1-19(2,3)14-13-18-17-12-8-7-11-16(17)15-9-5-4-6-10-15/h4-6,9-10,16-17H,7-8,11-12H2,1-3H3/t16-,17+/m0/s1. The lowest BCUT2D eigenvalue weighted by Crippen LogP contribution is -2.25. The molecule has 0 saturated heterocycles. The third-order valence-corrected chi connectivity index (χ3v) is 4.42. The fourth-order valence-corrected chi connectivity index (χ4v) is 2.94. The van der Waals surface area contributed by atoms with Gasteiger partial charge in [0.2, 0.25) is 0 Å². The minimum atomic E-state index is -1.33. The molecule has 0 spiro atoms. The van der Waals surface area contributed by atoms with Crippen molar-refractivity contribution >= 4 is 8.07 Å². The Bertz CT molecular complexity index is 450. The number of rotatable bonds is 2. The molecule has 1 aromatic rings. The fourth-order valence-electron chi connectivity index (χ4n) is 2.58. The second-order valence-electron chi connectivity index (χ2n) is 6.43. The number of hydrogen-bond donors (Lipinski definition) is 0. The van der Waals surface area contributed by atoms with Crippen molar-refractivity contribution in [1.29, 1.82) is 0 Å². The Kier molecular flexibility index (Phi) is 4.71. The molecule has 19 heavy (non-hydrogen) atoms. The topological polar surface area (TPSA) is 9.23 Å². The summed E-state index contributed by atoms with van der Waals surface area (Å²) in [5.41, 5.74) is 4.71. The second kappa shape index (κ2) is 6.30. The van der Waals surface area contributed by atoms with Gasteiger partial charge in [-0.15, -0.1) is 0 Å². The molecular formula is C17H24OSi. The van der Waals surface area contributed by atoms with Gasteiger partial charge in [-0.05, 0) is 24.8 Å². The van der Waals surface area contributed by atoms with Gasteiger partial charge in [0.15, 0.2) is 0 Å². The molecule has 0 aromatic heterocycles. The van der Waals surface area contributed by atoms with Gasteiger partial charge in [-0.1, -0.05) is 61.9 Å². The lowest BCUT2D eigenvalue weighted by Gasteiger charge is -2.30. The highest BCUT2D eigenvalue weighted by atomic mass is 28.3. The Hall–Kier alpha value is -1.20. The zero-order valence-corrected chi connectivity index (χ0v) is 13.3. The summed E-state index contributed by atoms with van der Waals surface area (Å²) in [6.45, 7) is 6.75. The lowest BCUT2D eigenvalue weighted by atomic mass is 9.82. The van der Waals surface area contributed by atoms with Crippen LogP contribution in [-0.2, 0) is 4.74 Å². The van der Waals surface area contributed by atoms with Crippen molar-refractivity contribution in [1.82, 2.24) is 0 Å². The maximum atomic E-state index is 5.90. The van der Waals surface area contributed by atoms with Gasteiger partial charge >= 0.3 is 0 Å². The zero-order valence-electron chi connectivity index (χ0n) is 12.3. The van der Waals surface area contributed by atoms with Crippen molar-refractivity contribution in [2.45, 2.75) is 57.3 Å². The molecule has 1 aliphatic rings. The van der Waals surface area contributed by atoms with E-state index in [1.165, 1.54) is 24.8 Å². The molecule has 1 aromatic carbocycles. The molecule has 0 bridgehead atoms. The normalized spacial score (nSPS) is 23.3. The molecule has 0 radical (unpaired) electrons. The maximum absolute atomic E-state index is 5.90. The van der Waals surface area contributed by atoms with Gasteiger partial charge in [-0.3, -0.25) is 0 Å². The van der Waals surface area contributed by atoms with Gasteiger partial charge in [0.1, 0.15) is 20.3 Å². The van der Waals surface area contributed by atoms with Crippen molar-refractivity contribution in [3.8, 4) is 11.7 Å². The fraction of sp³-hybridized carbons (Fsp3) is 0.529. The highest BCUT2D eigenvalue weighted by molar-refractivity contribution is 6.83.